The molecule has 5 nitrogen and oxygen atoms in total. The van der Waals surface area contributed by atoms with Gasteiger partial charge in [-0.15, -0.1) is 11.8 Å². The zero-order valence-corrected chi connectivity index (χ0v) is 11.8. The van der Waals surface area contributed by atoms with Gasteiger partial charge >= 0.3 is 5.97 Å². The van der Waals surface area contributed by atoms with Crippen molar-refractivity contribution in [2.75, 3.05) is 13.2 Å². The minimum atomic E-state index is -1.06. The first-order valence-corrected chi connectivity index (χ1v) is 7.53. The molecule has 1 aliphatic heterocycles. The van der Waals surface area contributed by atoms with Gasteiger partial charge in [-0.25, -0.2) is 0 Å². The highest BCUT2D eigenvalue weighted by molar-refractivity contribution is 8.00. The lowest BCUT2D eigenvalue weighted by Crippen LogP contribution is -2.45. The van der Waals surface area contributed by atoms with Gasteiger partial charge in [-0.3, -0.25) is 4.79 Å². The second-order valence-corrected chi connectivity index (χ2v) is 6.62. The normalized spacial score (nSPS) is 28.4. The van der Waals surface area contributed by atoms with Crippen LogP contribution in [0, 0.1) is 0 Å². The summed E-state index contributed by atoms with van der Waals surface area (Å²) >= 11 is 1.66. The molecule has 6 heteroatoms. The molecule has 0 bridgehead atoms. The maximum Gasteiger partial charge on any atom is 0.323 e. The lowest BCUT2D eigenvalue weighted by Gasteiger charge is -2.20. The molecule has 0 spiro atoms. The topological polar surface area (TPSA) is 81.8 Å². The third-order valence-electron chi connectivity index (χ3n) is 3.75. The highest BCUT2D eigenvalue weighted by atomic mass is 32.2. The van der Waals surface area contributed by atoms with Gasteiger partial charge in [0, 0.05) is 10.1 Å². The van der Waals surface area contributed by atoms with Crippen LogP contribution in [0.2, 0.25) is 0 Å². The van der Waals surface area contributed by atoms with Gasteiger partial charge < -0.3 is 20.3 Å². The number of benzene rings is 1. The summed E-state index contributed by atoms with van der Waals surface area (Å²) in [4.78, 5) is 12.2. The number of carbonyl (C=O) groups is 1. The summed E-state index contributed by atoms with van der Waals surface area (Å²) in [6.45, 7) is 1.14. The molecule has 1 heterocycles. The first-order valence-electron chi connectivity index (χ1n) is 6.65. The Morgan fingerprint density at radius 1 is 1.35 bits per heavy atom. The Morgan fingerprint density at radius 3 is 2.80 bits per heavy atom. The Morgan fingerprint density at radius 2 is 2.10 bits per heavy atom. The van der Waals surface area contributed by atoms with E-state index in [-0.39, 0.29) is 5.25 Å². The zero-order valence-electron chi connectivity index (χ0n) is 11.0. The fraction of sp³-hybridized carbons (Fsp3) is 0.500. The van der Waals surface area contributed by atoms with Crippen LogP contribution in [0.5, 0.6) is 11.5 Å². The number of carboxylic acid groups (broad SMARTS) is 1. The monoisotopic (exact) mass is 295 g/mol. The van der Waals surface area contributed by atoms with E-state index >= 15 is 0 Å². The van der Waals surface area contributed by atoms with Crippen LogP contribution in [0.1, 0.15) is 19.3 Å². The van der Waals surface area contributed by atoms with Crippen molar-refractivity contribution in [2.45, 2.75) is 34.9 Å². The molecule has 0 saturated heterocycles. The average Bonchev–Trinajstić information content (AvgIpc) is 2.81. The molecular weight excluding hydrogens is 278 g/mol. The Balaban J connectivity index is 1.68. The van der Waals surface area contributed by atoms with Crippen LogP contribution in [0.15, 0.2) is 23.1 Å². The molecule has 3 rings (SSSR count). The Labute approximate surface area is 121 Å². The summed E-state index contributed by atoms with van der Waals surface area (Å²) in [6.07, 6.45) is 1.86. The lowest BCUT2D eigenvalue weighted by atomic mass is 10.0. The summed E-state index contributed by atoms with van der Waals surface area (Å²) in [5.41, 5.74) is 4.84. The Kier molecular flexibility index (Phi) is 3.52. The SMILES string of the molecule is NC1(C(=O)O)CCC(Sc2ccc3c(c2)OCCO3)C1. The number of rotatable bonds is 3. The van der Waals surface area contributed by atoms with Crippen molar-refractivity contribution in [2.24, 2.45) is 5.73 Å². The van der Waals surface area contributed by atoms with Crippen molar-refractivity contribution in [3.05, 3.63) is 18.2 Å². The Hall–Kier alpha value is -1.40. The fourth-order valence-electron chi connectivity index (χ4n) is 2.61. The van der Waals surface area contributed by atoms with E-state index in [1.54, 1.807) is 11.8 Å². The molecule has 2 aliphatic rings. The van der Waals surface area contributed by atoms with Gasteiger partial charge in [-0.1, -0.05) is 0 Å². The van der Waals surface area contributed by atoms with Crippen molar-refractivity contribution in [1.29, 1.82) is 0 Å². The molecule has 0 radical (unpaired) electrons. The largest absolute Gasteiger partial charge is 0.486 e. The predicted molar refractivity (Wildman–Crippen MR) is 75.5 cm³/mol. The number of aliphatic carboxylic acids is 1. The minimum Gasteiger partial charge on any atom is -0.486 e. The van der Waals surface area contributed by atoms with Crippen LogP contribution >= 0.6 is 11.8 Å². The van der Waals surface area contributed by atoms with Gasteiger partial charge in [0.25, 0.3) is 0 Å². The number of ether oxygens (including phenoxy) is 2. The lowest BCUT2D eigenvalue weighted by molar-refractivity contribution is -0.143. The van der Waals surface area contributed by atoms with E-state index < -0.39 is 11.5 Å². The number of hydrogen-bond acceptors (Lipinski definition) is 5. The van der Waals surface area contributed by atoms with E-state index in [4.69, 9.17) is 20.3 Å². The van der Waals surface area contributed by atoms with E-state index in [9.17, 15) is 4.79 Å². The molecule has 20 heavy (non-hydrogen) atoms. The molecule has 0 aromatic heterocycles. The fourth-order valence-corrected chi connectivity index (χ4v) is 3.94. The first kappa shape index (κ1) is 13.6. The highest BCUT2D eigenvalue weighted by Gasteiger charge is 2.42. The van der Waals surface area contributed by atoms with E-state index in [2.05, 4.69) is 0 Å². The molecule has 1 aliphatic carbocycles. The molecule has 1 aromatic rings. The second-order valence-electron chi connectivity index (χ2n) is 5.25. The number of carboxylic acids is 1. The first-order chi connectivity index (χ1) is 9.57. The van der Waals surface area contributed by atoms with Gasteiger partial charge in [0.1, 0.15) is 18.8 Å². The molecule has 0 amide bonds. The predicted octanol–water partition coefficient (Wildman–Crippen LogP) is 1.88. The minimum absolute atomic E-state index is 0.235. The molecule has 1 saturated carbocycles. The maximum absolute atomic E-state index is 11.1. The van der Waals surface area contributed by atoms with Crippen molar-refractivity contribution in [1.82, 2.24) is 0 Å². The smallest absolute Gasteiger partial charge is 0.323 e. The van der Waals surface area contributed by atoms with Crippen LogP contribution < -0.4 is 15.2 Å². The van der Waals surface area contributed by atoms with Crippen LogP contribution in [0.4, 0.5) is 0 Å². The van der Waals surface area contributed by atoms with Crippen LogP contribution in [0.25, 0.3) is 0 Å². The van der Waals surface area contributed by atoms with Crippen LogP contribution in [-0.4, -0.2) is 35.1 Å². The van der Waals surface area contributed by atoms with Crippen LogP contribution in [0.3, 0.4) is 0 Å². The van der Waals surface area contributed by atoms with Gasteiger partial charge in [-0.05, 0) is 37.5 Å². The van der Waals surface area contributed by atoms with E-state index in [0.717, 1.165) is 22.8 Å². The quantitative estimate of drug-likeness (QED) is 0.886. The number of hydrogen-bond donors (Lipinski definition) is 2. The number of fused-ring (bicyclic) bond motifs is 1. The summed E-state index contributed by atoms with van der Waals surface area (Å²) in [7, 11) is 0. The van der Waals surface area contributed by atoms with Crippen molar-refractivity contribution >= 4 is 17.7 Å². The zero-order chi connectivity index (χ0) is 14.2. The third-order valence-corrected chi connectivity index (χ3v) is 5.01. The van der Waals surface area contributed by atoms with Gasteiger partial charge in [0.2, 0.25) is 0 Å². The molecule has 108 valence electrons. The molecule has 1 aromatic carbocycles. The highest BCUT2D eigenvalue weighted by Crippen LogP contribution is 2.41. The molecular formula is C14H17NO4S. The van der Waals surface area contributed by atoms with Crippen molar-refractivity contribution in [3.8, 4) is 11.5 Å². The van der Waals surface area contributed by atoms with Gasteiger partial charge in [0.15, 0.2) is 11.5 Å². The summed E-state index contributed by atoms with van der Waals surface area (Å²) in [5.74, 6) is 0.630. The average molecular weight is 295 g/mol. The summed E-state index contributed by atoms with van der Waals surface area (Å²) in [6, 6.07) is 5.84. The van der Waals surface area contributed by atoms with E-state index in [1.807, 2.05) is 18.2 Å². The Bertz CT molecular complexity index is 536. The summed E-state index contributed by atoms with van der Waals surface area (Å²) < 4.78 is 11.0. The second kappa shape index (κ2) is 5.18. The third kappa shape index (κ3) is 2.58. The van der Waals surface area contributed by atoms with Crippen molar-refractivity contribution < 1.29 is 19.4 Å². The van der Waals surface area contributed by atoms with Gasteiger partial charge in [0.05, 0.1) is 0 Å². The molecule has 3 N–H and O–H groups in total. The van der Waals surface area contributed by atoms with Crippen molar-refractivity contribution in [3.63, 3.8) is 0 Å². The number of nitrogens with two attached hydrogens (primary N) is 1. The van der Waals surface area contributed by atoms with E-state index in [1.165, 1.54) is 0 Å². The molecule has 2 unspecified atom stereocenters. The van der Waals surface area contributed by atoms with Crippen LogP contribution in [-0.2, 0) is 4.79 Å². The standard InChI is InChI=1S/C14H17NO4S/c15-14(13(16)17)4-3-10(8-14)20-9-1-2-11-12(7-9)19-6-5-18-11/h1-2,7,10H,3-6,8,15H2,(H,16,17). The van der Waals surface area contributed by atoms with E-state index in [0.29, 0.717) is 26.1 Å². The molecule has 2 atom stereocenters. The molecule has 1 fully saturated rings. The maximum atomic E-state index is 11.1. The number of thioether (sulfide) groups is 1. The summed E-state index contributed by atoms with van der Waals surface area (Å²) in [5, 5.41) is 9.38. The van der Waals surface area contributed by atoms with Gasteiger partial charge in [-0.2, -0.15) is 0 Å².